The van der Waals surface area contributed by atoms with Gasteiger partial charge in [-0.2, -0.15) is 0 Å². The second kappa shape index (κ2) is 4.18. The molecule has 0 spiro atoms. The van der Waals surface area contributed by atoms with Crippen molar-refractivity contribution in [2.75, 3.05) is 14.2 Å². The van der Waals surface area contributed by atoms with E-state index in [0.29, 0.717) is 11.3 Å². The number of benzene rings is 1. The molecule has 1 aliphatic rings. The Hall–Kier alpha value is -2.30. The first-order chi connectivity index (χ1) is 8.51. The van der Waals surface area contributed by atoms with Crippen LogP contribution in [0.15, 0.2) is 17.9 Å². The Bertz CT molecular complexity index is 584. The van der Waals surface area contributed by atoms with Crippen LogP contribution in [0.5, 0.6) is 11.5 Å². The number of ether oxygens (including phenoxy) is 2. The molecular weight excluding hydrogens is 236 g/mol. The van der Waals surface area contributed by atoms with Crippen molar-refractivity contribution in [3.8, 4) is 11.5 Å². The Morgan fingerprint density at radius 2 is 1.83 bits per heavy atom. The minimum atomic E-state index is -0.454. The maximum absolute atomic E-state index is 12.0. The van der Waals surface area contributed by atoms with Crippen LogP contribution in [-0.4, -0.2) is 30.9 Å². The fourth-order valence-corrected chi connectivity index (χ4v) is 1.92. The lowest BCUT2D eigenvalue weighted by Gasteiger charge is -2.18. The SMILES string of the molecule is COC1=CC(=O)c2c(cc(OC)c(C)c2O)C1=O. The van der Waals surface area contributed by atoms with E-state index in [1.807, 2.05) is 0 Å². The maximum atomic E-state index is 12.0. The van der Waals surface area contributed by atoms with Gasteiger partial charge in [0.2, 0.25) is 5.78 Å². The molecule has 1 N–H and O–H groups in total. The van der Waals surface area contributed by atoms with Crippen LogP contribution in [-0.2, 0) is 4.74 Å². The van der Waals surface area contributed by atoms with Gasteiger partial charge in [-0.3, -0.25) is 9.59 Å². The predicted molar refractivity (Wildman–Crippen MR) is 63.1 cm³/mol. The van der Waals surface area contributed by atoms with Crippen LogP contribution in [0, 0.1) is 6.92 Å². The van der Waals surface area contributed by atoms with Gasteiger partial charge in [-0.1, -0.05) is 0 Å². The zero-order chi connectivity index (χ0) is 13.4. The molecule has 2 rings (SSSR count). The number of methoxy groups -OCH3 is 2. The summed E-state index contributed by atoms with van der Waals surface area (Å²) >= 11 is 0. The second-order valence-corrected chi connectivity index (χ2v) is 3.88. The smallest absolute Gasteiger partial charge is 0.228 e. The summed E-state index contributed by atoms with van der Waals surface area (Å²) < 4.78 is 9.90. The molecule has 1 aromatic rings. The lowest BCUT2D eigenvalue weighted by Crippen LogP contribution is -2.18. The summed E-state index contributed by atoms with van der Waals surface area (Å²) in [4.78, 5) is 23.9. The van der Waals surface area contributed by atoms with Gasteiger partial charge in [0.1, 0.15) is 11.5 Å². The number of fused-ring (bicyclic) bond motifs is 1. The van der Waals surface area contributed by atoms with Gasteiger partial charge in [-0.25, -0.2) is 0 Å². The summed E-state index contributed by atoms with van der Waals surface area (Å²) in [5, 5.41) is 9.98. The molecule has 0 bridgehead atoms. The van der Waals surface area contributed by atoms with E-state index in [-0.39, 0.29) is 22.6 Å². The second-order valence-electron chi connectivity index (χ2n) is 3.88. The van der Waals surface area contributed by atoms with Crippen LogP contribution in [0.4, 0.5) is 0 Å². The molecule has 0 saturated heterocycles. The number of rotatable bonds is 2. The summed E-state index contributed by atoms with van der Waals surface area (Å²) in [6.07, 6.45) is 1.08. The summed E-state index contributed by atoms with van der Waals surface area (Å²) in [6.45, 7) is 1.61. The van der Waals surface area contributed by atoms with E-state index in [1.54, 1.807) is 6.92 Å². The third-order valence-electron chi connectivity index (χ3n) is 2.92. The quantitative estimate of drug-likeness (QED) is 0.860. The number of hydrogen-bond acceptors (Lipinski definition) is 5. The Morgan fingerprint density at radius 1 is 1.17 bits per heavy atom. The first-order valence-corrected chi connectivity index (χ1v) is 5.26. The van der Waals surface area contributed by atoms with Crippen LogP contribution in [0.25, 0.3) is 0 Å². The highest BCUT2D eigenvalue weighted by atomic mass is 16.5. The predicted octanol–water partition coefficient (Wildman–Crippen LogP) is 1.62. The molecule has 5 heteroatoms. The fraction of sp³-hybridized carbons (Fsp3) is 0.231. The fourth-order valence-electron chi connectivity index (χ4n) is 1.92. The van der Waals surface area contributed by atoms with Crippen molar-refractivity contribution >= 4 is 11.6 Å². The van der Waals surface area contributed by atoms with E-state index >= 15 is 0 Å². The average Bonchev–Trinajstić information content (AvgIpc) is 2.36. The summed E-state index contributed by atoms with van der Waals surface area (Å²) in [5.74, 6) is -0.818. The molecule has 0 fully saturated rings. The number of carbonyl (C=O) groups is 2. The van der Waals surface area contributed by atoms with Gasteiger partial charge < -0.3 is 14.6 Å². The molecule has 1 aromatic carbocycles. The van der Waals surface area contributed by atoms with E-state index in [9.17, 15) is 14.7 Å². The molecule has 0 radical (unpaired) electrons. The number of Topliss-reactive ketones (excluding diaryl/α,β-unsaturated/α-hetero) is 1. The monoisotopic (exact) mass is 248 g/mol. The van der Waals surface area contributed by atoms with Crippen LogP contribution in [0.1, 0.15) is 26.3 Å². The van der Waals surface area contributed by atoms with Gasteiger partial charge in [-0.15, -0.1) is 0 Å². The van der Waals surface area contributed by atoms with E-state index < -0.39 is 11.6 Å². The minimum Gasteiger partial charge on any atom is -0.507 e. The topological polar surface area (TPSA) is 72.8 Å². The lowest BCUT2D eigenvalue weighted by atomic mass is 9.90. The van der Waals surface area contributed by atoms with Crippen molar-refractivity contribution in [2.45, 2.75) is 6.92 Å². The standard InChI is InChI=1S/C13H12O5/c1-6-9(17-2)4-7-11(12(6)15)8(14)5-10(18-3)13(7)16/h4-5,15H,1-3H3. The summed E-state index contributed by atoms with van der Waals surface area (Å²) in [6, 6.07) is 1.44. The van der Waals surface area contributed by atoms with Gasteiger partial charge in [0.05, 0.1) is 19.8 Å². The highest BCUT2D eigenvalue weighted by Crippen LogP contribution is 2.37. The number of ketones is 2. The Balaban J connectivity index is 2.74. The molecule has 0 amide bonds. The van der Waals surface area contributed by atoms with Crippen LogP contribution >= 0.6 is 0 Å². The minimum absolute atomic E-state index is 0.000833. The highest BCUT2D eigenvalue weighted by molar-refractivity contribution is 6.25. The third kappa shape index (κ3) is 1.55. The maximum Gasteiger partial charge on any atom is 0.228 e. The normalized spacial score (nSPS) is 14.1. The molecule has 0 aromatic heterocycles. The van der Waals surface area contributed by atoms with Crippen LogP contribution < -0.4 is 4.74 Å². The Labute approximate surface area is 104 Å². The molecule has 94 valence electrons. The lowest BCUT2D eigenvalue weighted by molar-refractivity contribution is 0.0914. The van der Waals surface area contributed by atoms with Crippen molar-refractivity contribution in [1.29, 1.82) is 0 Å². The third-order valence-corrected chi connectivity index (χ3v) is 2.92. The molecule has 0 unspecified atom stereocenters. The van der Waals surface area contributed by atoms with Gasteiger partial charge in [-0.05, 0) is 13.0 Å². The Kier molecular flexibility index (Phi) is 2.82. The molecule has 0 saturated carbocycles. The highest BCUT2D eigenvalue weighted by Gasteiger charge is 2.31. The number of allylic oxidation sites excluding steroid dienone is 2. The van der Waals surface area contributed by atoms with E-state index in [1.165, 1.54) is 20.3 Å². The number of carbonyl (C=O) groups excluding carboxylic acids is 2. The van der Waals surface area contributed by atoms with Crippen LogP contribution in [0.2, 0.25) is 0 Å². The van der Waals surface area contributed by atoms with Crippen LogP contribution in [0.3, 0.4) is 0 Å². The largest absolute Gasteiger partial charge is 0.507 e. The molecule has 0 atom stereocenters. The number of aromatic hydroxyl groups is 1. The first kappa shape index (κ1) is 12.2. The van der Waals surface area contributed by atoms with Gasteiger partial charge in [0.25, 0.3) is 0 Å². The van der Waals surface area contributed by atoms with E-state index in [0.717, 1.165) is 6.08 Å². The molecule has 1 aliphatic carbocycles. The van der Waals surface area contributed by atoms with E-state index in [4.69, 9.17) is 9.47 Å². The summed E-state index contributed by atoms with van der Waals surface area (Å²) in [7, 11) is 2.74. The molecule has 0 heterocycles. The molecule has 0 aliphatic heterocycles. The van der Waals surface area contributed by atoms with Gasteiger partial charge in [0.15, 0.2) is 11.5 Å². The van der Waals surface area contributed by atoms with E-state index in [2.05, 4.69) is 0 Å². The number of hydrogen-bond donors (Lipinski definition) is 1. The molecule has 5 nitrogen and oxygen atoms in total. The van der Waals surface area contributed by atoms with Crippen molar-refractivity contribution in [3.05, 3.63) is 34.6 Å². The number of phenolic OH excluding ortho intramolecular Hbond substituents is 1. The first-order valence-electron chi connectivity index (χ1n) is 5.26. The Morgan fingerprint density at radius 3 is 2.39 bits per heavy atom. The number of phenols is 1. The van der Waals surface area contributed by atoms with Crippen molar-refractivity contribution < 1.29 is 24.2 Å². The van der Waals surface area contributed by atoms with Crippen molar-refractivity contribution in [2.24, 2.45) is 0 Å². The molecule has 18 heavy (non-hydrogen) atoms. The average molecular weight is 248 g/mol. The van der Waals surface area contributed by atoms with Gasteiger partial charge in [0, 0.05) is 17.2 Å². The molecular formula is C13H12O5. The zero-order valence-electron chi connectivity index (χ0n) is 10.2. The van der Waals surface area contributed by atoms with Crippen molar-refractivity contribution in [3.63, 3.8) is 0 Å². The van der Waals surface area contributed by atoms with Gasteiger partial charge >= 0.3 is 0 Å². The van der Waals surface area contributed by atoms with Crippen molar-refractivity contribution in [1.82, 2.24) is 0 Å². The zero-order valence-corrected chi connectivity index (χ0v) is 10.2. The summed E-state index contributed by atoms with van der Waals surface area (Å²) in [5.41, 5.74) is 0.519.